The fourth-order valence-electron chi connectivity index (χ4n) is 1.22. The van der Waals surface area contributed by atoms with E-state index in [9.17, 15) is 0 Å². The maximum atomic E-state index is 6.01. The lowest BCUT2D eigenvalue weighted by molar-refractivity contribution is 1.31. The first kappa shape index (κ1) is 11.5. The topological polar surface area (TPSA) is 24.9 Å². The fourth-order valence-corrected chi connectivity index (χ4v) is 1.88. The van der Waals surface area contributed by atoms with Crippen molar-refractivity contribution >= 4 is 46.3 Å². The molecule has 2 rings (SSSR count). The number of hydrogen-bond donors (Lipinski definition) is 1. The van der Waals surface area contributed by atoms with Crippen molar-refractivity contribution in [2.75, 3.05) is 5.32 Å². The van der Waals surface area contributed by atoms with Crippen molar-refractivity contribution in [3.8, 4) is 0 Å². The molecule has 0 aliphatic carbocycles. The van der Waals surface area contributed by atoms with Gasteiger partial charge in [-0.2, -0.15) is 0 Å². The minimum atomic E-state index is 0.410. The quantitative estimate of drug-likeness (QED) is 0.796. The molecule has 0 aliphatic heterocycles. The molecule has 5 heteroatoms. The maximum absolute atomic E-state index is 6.01. The van der Waals surface area contributed by atoms with Gasteiger partial charge in [-0.3, -0.25) is 0 Å². The molecular formula is C11H7Cl3N2. The first-order chi connectivity index (χ1) is 7.66. The molecule has 1 N–H and O–H groups in total. The van der Waals surface area contributed by atoms with Gasteiger partial charge in [-0.15, -0.1) is 0 Å². The summed E-state index contributed by atoms with van der Waals surface area (Å²) in [6, 6.07) is 10.6. The van der Waals surface area contributed by atoms with Crippen LogP contribution in [0.25, 0.3) is 0 Å². The van der Waals surface area contributed by atoms with E-state index in [-0.39, 0.29) is 0 Å². The average Bonchev–Trinajstić information content (AvgIpc) is 2.24. The van der Waals surface area contributed by atoms with Crippen LogP contribution in [0.15, 0.2) is 36.4 Å². The van der Waals surface area contributed by atoms with E-state index in [2.05, 4.69) is 10.3 Å². The Bertz CT molecular complexity index is 494. The molecule has 0 saturated carbocycles. The predicted octanol–water partition coefficient (Wildman–Crippen LogP) is 4.79. The van der Waals surface area contributed by atoms with Crippen LogP contribution in [-0.4, -0.2) is 4.98 Å². The molecular weight excluding hydrogens is 266 g/mol. The normalized spacial score (nSPS) is 10.2. The third-order valence-corrected chi connectivity index (χ3v) is 2.77. The molecule has 0 radical (unpaired) electrons. The van der Waals surface area contributed by atoms with Gasteiger partial charge in [0.25, 0.3) is 0 Å². The lowest BCUT2D eigenvalue weighted by atomic mass is 10.3. The highest BCUT2D eigenvalue weighted by Gasteiger charge is 2.06. The van der Waals surface area contributed by atoms with E-state index in [0.29, 0.717) is 26.7 Å². The Morgan fingerprint density at radius 2 is 1.50 bits per heavy atom. The van der Waals surface area contributed by atoms with Crippen LogP contribution < -0.4 is 5.32 Å². The molecule has 1 aromatic heterocycles. The van der Waals surface area contributed by atoms with Crippen molar-refractivity contribution in [1.82, 2.24) is 4.98 Å². The molecule has 82 valence electrons. The summed E-state index contributed by atoms with van der Waals surface area (Å²) in [5.41, 5.74) is 0.626. The standard InChI is InChI=1S/C11H7Cl3N2/c12-7-3-1-4-8(13)11(7)16-10-6-2-5-9(14)15-10/h1-6H,(H,15,16). The van der Waals surface area contributed by atoms with Crippen molar-refractivity contribution in [2.24, 2.45) is 0 Å². The molecule has 0 bridgehead atoms. The molecule has 2 aromatic rings. The number of nitrogens with one attached hydrogen (secondary N) is 1. The maximum Gasteiger partial charge on any atom is 0.132 e. The third-order valence-electron chi connectivity index (χ3n) is 1.93. The number of para-hydroxylation sites is 1. The van der Waals surface area contributed by atoms with Crippen LogP contribution in [0, 0.1) is 0 Å². The second-order valence-electron chi connectivity index (χ2n) is 3.07. The average molecular weight is 274 g/mol. The van der Waals surface area contributed by atoms with Gasteiger partial charge in [0.15, 0.2) is 0 Å². The van der Waals surface area contributed by atoms with Crippen LogP contribution in [0.3, 0.4) is 0 Å². The second kappa shape index (κ2) is 4.91. The Hall–Kier alpha value is -0.960. The summed E-state index contributed by atoms with van der Waals surface area (Å²) in [6.07, 6.45) is 0. The molecule has 0 amide bonds. The molecule has 0 spiro atoms. The minimum absolute atomic E-state index is 0.410. The first-order valence-electron chi connectivity index (χ1n) is 4.50. The Labute approximate surface area is 108 Å². The largest absolute Gasteiger partial charge is 0.338 e. The van der Waals surface area contributed by atoms with Crippen molar-refractivity contribution < 1.29 is 0 Å². The number of hydrogen-bond acceptors (Lipinski definition) is 2. The highest BCUT2D eigenvalue weighted by molar-refractivity contribution is 6.39. The van der Waals surface area contributed by atoms with E-state index in [1.165, 1.54) is 0 Å². The molecule has 2 nitrogen and oxygen atoms in total. The lowest BCUT2D eigenvalue weighted by Gasteiger charge is -2.09. The first-order valence-corrected chi connectivity index (χ1v) is 5.64. The number of halogens is 3. The Balaban J connectivity index is 2.34. The van der Waals surface area contributed by atoms with Crippen LogP contribution in [0.5, 0.6) is 0 Å². The van der Waals surface area contributed by atoms with E-state index in [4.69, 9.17) is 34.8 Å². The molecule has 0 saturated heterocycles. The van der Waals surface area contributed by atoms with E-state index in [0.717, 1.165) is 0 Å². The number of pyridine rings is 1. The zero-order valence-electron chi connectivity index (χ0n) is 8.05. The van der Waals surface area contributed by atoms with E-state index >= 15 is 0 Å². The van der Waals surface area contributed by atoms with Crippen LogP contribution in [0.1, 0.15) is 0 Å². The fraction of sp³-hybridized carbons (Fsp3) is 0. The highest BCUT2D eigenvalue weighted by atomic mass is 35.5. The van der Waals surface area contributed by atoms with Gasteiger partial charge in [-0.05, 0) is 24.3 Å². The van der Waals surface area contributed by atoms with Gasteiger partial charge in [0.2, 0.25) is 0 Å². The van der Waals surface area contributed by atoms with Gasteiger partial charge < -0.3 is 5.32 Å². The highest BCUT2D eigenvalue weighted by Crippen LogP contribution is 2.32. The summed E-state index contributed by atoms with van der Waals surface area (Å²) in [5.74, 6) is 0.600. The number of aromatic nitrogens is 1. The number of benzene rings is 1. The summed E-state index contributed by atoms with van der Waals surface area (Å²) in [6.45, 7) is 0. The molecule has 0 atom stereocenters. The number of rotatable bonds is 2. The summed E-state index contributed by atoms with van der Waals surface area (Å²) >= 11 is 17.8. The lowest BCUT2D eigenvalue weighted by Crippen LogP contribution is -1.94. The summed E-state index contributed by atoms with van der Waals surface area (Å²) in [5, 5.41) is 4.50. The van der Waals surface area contributed by atoms with Gasteiger partial charge in [0, 0.05) is 0 Å². The van der Waals surface area contributed by atoms with Crippen LogP contribution >= 0.6 is 34.8 Å². The van der Waals surface area contributed by atoms with Crippen LogP contribution in [0.2, 0.25) is 15.2 Å². The number of nitrogens with zero attached hydrogens (tertiary/aromatic N) is 1. The van der Waals surface area contributed by atoms with E-state index < -0.39 is 0 Å². The number of anilines is 2. The van der Waals surface area contributed by atoms with E-state index in [1.54, 1.807) is 36.4 Å². The Morgan fingerprint density at radius 1 is 0.875 bits per heavy atom. The van der Waals surface area contributed by atoms with Gasteiger partial charge in [-0.25, -0.2) is 4.98 Å². The monoisotopic (exact) mass is 272 g/mol. The van der Waals surface area contributed by atoms with Crippen LogP contribution in [-0.2, 0) is 0 Å². The molecule has 0 fully saturated rings. The SMILES string of the molecule is Clc1cccc(Nc2c(Cl)cccc2Cl)n1. The molecule has 0 aliphatic rings. The Morgan fingerprint density at radius 3 is 2.12 bits per heavy atom. The molecule has 0 unspecified atom stereocenters. The smallest absolute Gasteiger partial charge is 0.132 e. The molecule has 1 heterocycles. The summed E-state index contributed by atoms with van der Waals surface area (Å²) < 4.78 is 0. The predicted molar refractivity (Wildman–Crippen MR) is 69.0 cm³/mol. The minimum Gasteiger partial charge on any atom is -0.338 e. The van der Waals surface area contributed by atoms with Crippen molar-refractivity contribution in [3.63, 3.8) is 0 Å². The molecule has 1 aromatic carbocycles. The van der Waals surface area contributed by atoms with Gasteiger partial charge in [0.05, 0.1) is 15.7 Å². The summed E-state index contributed by atoms with van der Waals surface area (Å²) in [7, 11) is 0. The second-order valence-corrected chi connectivity index (χ2v) is 4.27. The van der Waals surface area contributed by atoms with Gasteiger partial charge >= 0.3 is 0 Å². The van der Waals surface area contributed by atoms with Gasteiger partial charge in [0.1, 0.15) is 11.0 Å². The van der Waals surface area contributed by atoms with Gasteiger partial charge in [-0.1, -0.05) is 46.9 Å². The van der Waals surface area contributed by atoms with E-state index in [1.807, 2.05) is 0 Å². The Kier molecular flexibility index (Phi) is 3.54. The van der Waals surface area contributed by atoms with Crippen molar-refractivity contribution in [1.29, 1.82) is 0 Å². The van der Waals surface area contributed by atoms with Crippen molar-refractivity contribution in [3.05, 3.63) is 51.6 Å². The zero-order chi connectivity index (χ0) is 11.5. The molecule has 16 heavy (non-hydrogen) atoms. The van der Waals surface area contributed by atoms with Crippen LogP contribution in [0.4, 0.5) is 11.5 Å². The third kappa shape index (κ3) is 2.59. The summed E-state index contributed by atoms with van der Waals surface area (Å²) in [4.78, 5) is 4.09. The van der Waals surface area contributed by atoms with Crippen molar-refractivity contribution in [2.45, 2.75) is 0 Å². The zero-order valence-corrected chi connectivity index (χ0v) is 10.3.